The summed E-state index contributed by atoms with van der Waals surface area (Å²) in [7, 11) is 0. The molecule has 5 N–H and O–H groups in total. The van der Waals surface area contributed by atoms with Crippen LogP contribution >= 0.6 is 0 Å². The van der Waals surface area contributed by atoms with Crippen molar-refractivity contribution < 1.29 is 19.2 Å². The molecule has 0 radical (unpaired) electrons. The van der Waals surface area contributed by atoms with Gasteiger partial charge in [-0.05, 0) is 90.0 Å². The van der Waals surface area contributed by atoms with Gasteiger partial charge in [0.2, 0.25) is 17.7 Å². The Kier molecular flexibility index (Phi) is 10.6. The average molecular weight is 865 g/mol. The lowest BCUT2D eigenvalue weighted by Gasteiger charge is -2.37. The molecule has 0 aliphatic carbocycles. The van der Waals surface area contributed by atoms with E-state index in [1.165, 1.54) is 16.8 Å². The first-order chi connectivity index (χ1) is 31.8. The van der Waals surface area contributed by atoms with Crippen LogP contribution in [0, 0.1) is 5.92 Å². The first-order valence-electron chi connectivity index (χ1n) is 20.9. The fourth-order valence-corrected chi connectivity index (χ4v) is 8.14. The second-order valence-corrected chi connectivity index (χ2v) is 15.5. The van der Waals surface area contributed by atoms with Crippen LogP contribution in [0.25, 0.3) is 61.4 Å². The van der Waals surface area contributed by atoms with Crippen molar-refractivity contribution in [3.63, 3.8) is 0 Å². The van der Waals surface area contributed by atoms with Crippen LogP contribution in [0.15, 0.2) is 123 Å². The van der Waals surface area contributed by atoms with Crippen molar-refractivity contribution in [3.8, 4) is 22.3 Å². The lowest BCUT2D eigenvalue weighted by molar-refractivity contribution is -0.139. The highest BCUT2D eigenvalue weighted by molar-refractivity contribution is 6.06. The van der Waals surface area contributed by atoms with E-state index in [2.05, 4.69) is 57.8 Å². The molecule has 9 aromatic rings. The van der Waals surface area contributed by atoms with Crippen LogP contribution in [0.1, 0.15) is 27.4 Å². The summed E-state index contributed by atoms with van der Waals surface area (Å²) in [6, 6.07) is 22.2. The van der Waals surface area contributed by atoms with Gasteiger partial charge in [-0.2, -0.15) is 24.6 Å². The molecule has 18 heteroatoms. The predicted octanol–water partition coefficient (Wildman–Crippen LogP) is 4.79. The zero-order valence-electron chi connectivity index (χ0n) is 34.7. The van der Waals surface area contributed by atoms with Gasteiger partial charge in [-0.25, -0.2) is 9.97 Å². The lowest BCUT2D eigenvalue weighted by atomic mass is 9.99. The van der Waals surface area contributed by atoms with Gasteiger partial charge >= 0.3 is 0 Å². The molecule has 1 saturated heterocycles. The van der Waals surface area contributed by atoms with Gasteiger partial charge in [0.05, 0.1) is 28.8 Å². The van der Waals surface area contributed by atoms with E-state index in [-0.39, 0.29) is 23.6 Å². The fraction of sp³-hybridized carbons (Fsp3) is 0.149. The molecule has 18 nitrogen and oxygen atoms in total. The Hall–Kier alpha value is -8.80. The third-order valence-electron chi connectivity index (χ3n) is 11.4. The highest BCUT2D eigenvalue weighted by Gasteiger charge is 2.34. The second-order valence-electron chi connectivity index (χ2n) is 15.5. The highest BCUT2D eigenvalue weighted by atomic mass is 16.2. The first-order valence-corrected chi connectivity index (χ1v) is 20.9. The molecule has 0 bridgehead atoms. The van der Waals surface area contributed by atoms with Crippen LogP contribution in [-0.4, -0.2) is 104 Å². The van der Waals surface area contributed by atoms with Crippen LogP contribution in [0.3, 0.4) is 0 Å². The third kappa shape index (κ3) is 8.06. The molecule has 0 atom stereocenters. The molecular weight excluding hydrogens is 825 g/mol. The number of pyridine rings is 2. The van der Waals surface area contributed by atoms with Gasteiger partial charge in [-0.15, -0.1) is 5.10 Å². The Bertz CT molecular complexity index is 3350. The quantitative estimate of drug-likeness (QED) is 0.0941. The monoisotopic (exact) mass is 864 g/mol. The molecule has 0 spiro atoms. The molecule has 65 heavy (non-hydrogen) atoms. The Morgan fingerprint density at radius 1 is 0.738 bits per heavy atom. The minimum Gasteiger partial charge on any atom is -0.355 e. The summed E-state index contributed by atoms with van der Waals surface area (Å²) in [6.45, 7) is 5.04. The van der Waals surface area contributed by atoms with E-state index < -0.39 is 5.91 Å². The molecule has 0 saturated carbocycles. The Balaban J connectivity index is 0.785. The summed E-state index contributed by atoms with van der Waals surface area (Å²) in [5.74, 6) is -1.20. The second kappa shape index (κ2) is 17.2. The van der Waals surface area contributed by atoms with Crippen molar-refractivity contribution in [3.05, 3.63) is 145 Å². The Morgan fingerprint density at radius 3 is 2.18 bits per heavy atom. The van der Waals surface area contributed by atoms with Crippen molar-refractivity contribution in [2.24, 2.45) is 5.92 Å². The van der Waals surface area contributed by atoms with E-state index in [4.69, 9.17) is 5.10 Å². The summed E-state index contributed by atoms with van der Waals surface area (Å²) >= 11 is 0. The number of carbonyl (C=O) groups excluding carboxylic acids is 4. The van der Waals surface area contributed by atoms with Gasteiger partial charge in [0.1, 0.15) is 11.3 Å². The van der Waals surface area contributed by atoms with Gasteiger partial charge in [0.25, 0.3) is 5.91 Å². The van der Waals surface area contributed by atoms with E-state index >= 15 is 0 Å². The number of anilines is 1. The summed E-state index contributed by atoms with van der Waals surface area (Å²) in [6.07, 6.45) is 13.9. The van der Waals surface area contributed by atoms with Crippen LogP contribution < -0.4 is 16.0 Å². The SMILES string of the molecule is C=CC(=O)N1CC(C(=O)NCCc2cc3c(-c4c(/C=C\C(=O)Nc5cccc(C(=O)NCCc6cc7c(-c8cnn9ncccc89)ccnc7[nH]6)c5)nn5ncccc45)ccnc3[nH]2)C1. The third-order valence-corrected chi connectivity index (χ3v) is 11.4. The van der Waals surface area contributed by atoms with Crippen LogP contribution in [-0.2, 0) is 27.2 Å². The first kappa shape index (κ1) is 40.3. The van der Waals surface area contributed by atoms with Crippen LogP contribution in [0.4, 0.5) is 5.69 Å². The van der Waals surface area contributed by atoms with Gasteiger partial charge in [-0.1, -0.05) is 12.6 Å². The smallest absolute Gasteiger partial charge is 0.251 e. The minimum atomic E-state index is -0.418. The van der Waals surface area contributed by atoms with Crippen molar-refractivity contribution >= 4 is 68.5 Å². The number of H-pyrrole nitrogens is 2. The normalized spacial score (nSPS) is 12.9. The maximum atomic E-state index is 13.4. The van der Waals surface area contributed by atoms with E-state index in [0.29, 0.717) is 61.6 Å². The van der Waals surface area contributed by atoms with Crippen molar-refractivity contribution in [2.75, 3.05) is 31.5 Å². The Labute approximate surface area is 369 Å². The maximum absolute atomic E-state index is 13.4. The van der Waals surface area contributed by atoms with Gasteiger partial charge in [0, 0.05) is 114 Å². The largest absolute Gasteiger partial charge is 0.355 e. The molecule has 1 fully saturated rings. The molecule has 322 valence electrons. The highest BCUT2D eigenvalue weighted by Crippen LogP contribution is 2.35. The molecule has 0 unspecified atom stereocenters. The topological polar surface area (TPSA) is 225 Å². The molecule has 8 aromatic heterocycles. The van der Waals surface area contributed by atoms with Gasteiger partial charge in [-0.3, -0.25) is 19.2 Å². The maximum Gasteiger partial charge on any atom is 0.251 e. The average Bonchev–Trinajstić information content (AvgIpc) is 4.11. The zero-order valence-corrected chi connectivity index (χ0v) is 34.7. The molecule has 1 aliphatic heterocycles. The standard InChI is InChI=1S/C47H40N14O4/c1-2-42(63)59-26-29(27-59)47(65)51-19-13-32-24-36-34(15-21-49-45(36)57-32)43-38(58-61-40(43)9-5-17-53-61)10-11-41(62)55-30-7-3-6-28(22-30)46(64)50-18-12-31-23-35-33(14-20-48-44(35)56-31)37-25-54-60-39(37)8-4-16-52-60/h2-11,14-17,20-25,29H,1,12-13,18-19,26-27H2,(H,48,56)(H,49,57)(H,50,64)(H,51,65)(H,55,62)/b11-10-. The van der Waals surface area contributed by atoms with E-state index in [0.717, 1.165) is 61.1 Å². The molecule has 9 heterocycles. The van der Waals surface area contributed by atoms with Crippen molar-refractivity contribution in [1.82, 2.24) is 65.1 Å². The zero-order chi connectivity index (χ0) is 44.4. The number of rotatable bonds is 14. The van der Waals surface area contributed by atoms with Crippen molar-refractivity contribution in [2.45, 2.75) is 12.8 Å². The van der Waals surface area contributed by atoms with Gasteiger partial charge < -0.3 is 30.8 Å². The fourth-order valence-electron chi connectivity index (χ4n) is 8.14. The molecule has 1 aromatic carbocycles. The van der Waals surface area contributed by atoms with Crippen LogP contribution in [0.5, 0.6) is 0 Å². The van der Waals surface area contributed by atoms with Crippen LogP contribution in [0.2, 0.25) is 0 Å². The molecular formula is C47H40N14O4. The lowest BCUT2D eigenvalue weighted by Crippen LogP contribution is -2.55. The number of fused-ring (bicyclic) bond motifs is 4. The number of aromatic amines is 2. The number of aromatic nitrogens is 10. The number of benzene rings is 1. The van der Waals surface area contributed by atoms with Crippen molar-refractivity contribution in [1.29, 1.82) is 0 Å². The molecule has 1 aliphatic rings. The predicted molar refractivity (Wildman–Crippen MR) is 243 cm³/mol. The molecule has 4 amide bonds. The van der Waals surface area contributed by atoms with E-state index in [9.17, 15) is 19.2 Å². The number of nitrogens with one attached hydrogen (secondary N) is 5. The number of likely N-dealkylation sites (tertiary alicyclic amines) is 1. The number of hydrogen-bond acceptors (Lipinski definition) is 10. The summed E-state index contributed by atoms with van der Waals surface area (Å²) in [5, 5.41) is 28.4. The molecule has 10 rings (SSSR count). The number of nitrogens with zero attached hydrogens (tertiary/aromatic N) is 9. The summed E-state index contributed by atoms with van der Waals surface area (Å²) in [5.41, 5.74) is 9.66. The van der Waals surface area contributed by atoms with Gasteiger partial charge in [0.15, 0.2) is 0 Å². The summed E-state index contributed by atoms with van der Waals surface area (Å²) in [4.78, 5) is 68.4. The number of amides is 4. The van der Waals surface area contributed by atoms with E-state index in [1.807, 2.05) is 48.5 Å². The summed E-state index contributed by atoms with van der Waals surface area (Å²) < 4.78 is 3.11. The van der Waals surface area contributed by atoms with E-state index in [1.54, 1.807) is 70.9 Å². The number of carbonyl (C=O) groups is 4. The Morgan fingerprint density at radius 2 is 1.43 bits per heavy atom. The number of hydrogen-bond donors (Lipinski definition) is 5. The minimum absolute atomic E-state index is 0.0910.